The Morgan fingerprint density at radius 1 is 0.705 bits per heavy atom. The van der Waals surface area contributed by atoms with Crippen LogP contribution in [0.15, 0.2) is 109 Å². The maximum Gasteiger partial charge on any atom is 0.267 e. The number of halogens is 2. The third kappa shape index (κ3) is 3.76. The van der Waals surface area contributed by atoms with Gasteiger partial charge in [-0.1, -0.05) is 96.0 Å². The van der Waals surface area contributed by atoms with E-state index in [2.05, 4.69) is 18.2 Å². The first-order chi connectivity index (χ1) is 21.2. The average molecular weight is 617 g/mol. The lowest BCUT2D eigenvalue weighted by molar-refractivity contribution is -0.154. The summed E-state index contributed by atoms with van der Waals surface area (Å²) in [4.78, 5) is 15.9. The van der Waals surface area contributed by atoms with Crippen LogP contribution < -0.4 is 4.90 Å². The number of amidine groups is 1. The van der Waals surface area contributed by atoms with E-state index in [1.165, 1.54) is 6.07 Å². The Bertz CT molecular complexity index is 1920. The number of nitriles is 3. The Kier molecular flexibility index (Phi) is 7.04. The molecular formula is C35H23Cl2N5O2. The fraction of sp³-hybridized carbons (Fsp3) is 0.171. The first-order valence-electron chi connectivity index (χ1n) is 13.7. The summed E-state index contributed by atoms with van der Waals surface area (Å²) in [5, 5.41) is 56.9. The summed E-state index contributed by atoms with van der Waals surface area (Å²) >= 11 is 12.9. The van der Waals surface area contributed by atoms with Crippen LogP contribution in [-0.4, -0.2) is 22.5 Å². The monoisotopic (exact) mass is 615 g/mol. The summed E-state index contributed by atoms with van der Waals surface area (Å²) in [6, 6.07) is 36.4. The van der Waals surface area contributed by atoms with E-state index in [1.54, 1.807) is 103 Å². The van der Waals surface area contributed by atoms with Gasteiger partial charge in [0.1, 0.15) is 5.84 Å². The van der Waals surface area contributed by atoms with E-state index in [0.29, 0.717) is 16.1 Å². The minimum atomic E-state index is -2.63. The first kappa shape index (κ1) is 29.1. The van der Waals surface area contributed by atoms with E-state index in [4.69, 9.17) is 23.2 Å². The van der Waals surface area contributed by atoms with Crippen molar-refractivity contribution in [1.29, 1.82) is 21.2 Å². The molecule has 1 amide bonds. The lowest BCUT2D eigenvalue weighted by atomic mass is 9.40. The molecule has 4 aromatic rings. The van der Waals surface area contributed by atoms with Crippen molar-refractivity contribution < 1.29 is 9.90 Å². The third-order valence-electron chi connectivity index (χ3n) is 9.00. The largest absolute Gasteiger partial charge is 0.377 e. The van der Waals surface area contributed by atoms with Crippen LogP contribution in [0.3, 0.4) is 0 Å². The Hall–Kier alpha value is -4.97. The molecule has 4 aromatic carbocycles. The van der Waals surface area contributed by atoms with Crippen LogP contribution in [0, 0.1) is 50.2 Å². The summed E-state index contributed by atoms with van der Waals surface area (Å²) in [6.07, 6.45) is 0. The molecular weight excluding hydrogens is 593 g/mol. The van der Waals surface area contributed by atoms with Crippen molar-refractivity contribution in [3.8, 4) is 18.2 Å². The van der Waals surface area contributed by atoms with E-state index in [9.17, 15) is 31.1 Å². The molecule has 0 spiro atoms. The SMILES string of the molecule is N#CC1(C#N)[C@@H](c2cccc(Cl)c2)[C@]2(C#N)C(=N)N(c3ccccc3)C(=O)[C@]2(O)[C@@H](c2ccccc2)[C@@H]1c1cccc(Cl)c1. The first-order valence-corrected chi connectivity index (χ1v) is 14.5. The number of carbonyl (C=O) groups is 1. The fourth-order valence-electron chi connectivity index (χ4n) is 7.33. The Labute approximate surface area is 264 Å². The molecule has 1 saturated carbocycles. The standard InChI is InChI=1S/C35H23Cl2N5O2/c36-25-13-7-11-23(17-25)28-29(22-9-3-1-4-10-22)35(44)32(43)42(27-15-5-2-6-16-27)31(41)34(35,21-40)30(33(28,19-38)20-39)24-12-8-14-26(37)18-24/h1-18,28-30,41,44H/t28-,29-,30+,34+,35+/m0/s1. The highest BCUT2D eigenvalue weighted by molar-refractivity contribution is 6.31. The van der Waals surface area contributed by atoms with Crippen LogP contribution in [0.5, 0.6) is 0 Å². The molecule has 0 aromatic heterocycles. The van der Waals surface area contributed by atoms with Crippen LogP contribution in [0.25, 0.3) is 0 Å². The van der Waals surface area contributed by atoms with Crippen molar-refractivity contribution in [2.24, 2.45) is 10.8 Å². The minimum absolute atomic E-state index is 0.254. The second kappa shape index (κ2) is 10.6. The van der Waals surface area contributed by atoms with Gasteiger partial charge >= 0.3 is 0 Å². The number of carbonyl (C=O) groups excluding carboxylic acids is 1. The Balaban J connectivity index is 1.82. The molecule has 1 heterocycles. The molecule has 2 N–H and O–H groups in total. The van der Waals surface area contributed by atoms with Gasteiger partial charge < -0.3 is 5.11 Å². The summed E-state index contributed by atoms with van der Waals surface area (Å²) in [5.74, 6) is -5.48. The molecule has 7 nitrogen and oxygen atoms in total. The van der Waals surface area contributed by atoms with E-state index in [-0.39, 0.29) is 16.3 Å². The number of hydrogen-bond donors (Lipinski definition) is 2. The molecule has 0 radical (unpaired) electrons. The number of para-hydroxylation sites is 1. The number of rotatable bonds is 4. The zero-order chi connectivity index (χ0) is 31.3. The number of aliphatic hydroxyl groups is 1. The van der Waals surface area contributed by atoms with Gasteiger partial charge in [-0.2, -0.15) is 15.8 Å². The lowest BCUT2D eigenvalue weighted by Crippen LogP contribution is -2.67. The van der Waals surface area contributed by atoms with Gasteiger partial charge in [0, 0.05) is 27.8 Å². The molecule has 9 heteroatoms. The average Bonchev–Trinajstić information content (AvgIpc) is 3.22. The highest BCUT2D eigenvalue weighted by Crippen LogP contribution is 2.72. The summed E-state index contributed by atoms with van der Waals surface area (Å²) in [5.41, 5.74) is -5.81. The van der Waals surface area contributed by atoms with Gasteiger partial charge in [0.15, 0.2) is 16.4 Å². The predicted molar refractivity (Wildman–Crippen MR) is 166 cm³/mol. The van der Waals surface area contributed by atoms with Crippen molar-refractivity contribution in [2.45, 2.75) is 23.4 Å². The summed E-state index contributed by atoms with van der Waals surface area (Å²) in [6.45, 7) is 0. The molecule has 2 aliphatic rings. The van der Waals surface area contributed by atoms with Crippen molar-refractivity contribution >= 4 is 40.6 Å². The highest BCUT2D eigenvalue weighted by atomic mass is 35.5. The second-order valence-electron chi connectivity index (χ2n) is 11.0. The van der Waals surface area contributed by atoms with Gasteiger partial charge in [-0.3, -0.25) is 15.1 Å². The number of nitrogens with zero attached hydrogens (tertiary/aromatic N) is 4. The van der Waals surface area contributed by atoms with Crippen molar-refractivity contribution in [3.63, 3.8) is 0 Å². The lowest BCUT2D eigenvalue weighted by Gasteiger charge is -2.57. The van der Waals surface area contributed by atoms with Crippen molar-refractivity contribution in [3.05, 3.63) is 136 Å². The Morgan fingerprint density at radius 3 is 1.77 bits per heavy atom. The van der Waals surface area contributed by atoms with E-state index in [0.717, 1.165) is 4.90 Å². The molecule has 0 bridgehead atoms. The molecule has 1 saturated heterocycles. The molecule has 6 rings (SSSR count). The van der Waals surface area contributed by atoms with Gasteiger partial charge in [-0.25, -0.2) is 0 Å². The molecule has 1 aliphatic carbocycles. The van der Waals surface area contributed by atoms with Gasteiger partial charge in [-0.15, -0.1) is 0 Å². The van der Waals surface area contributed by atoms with Crippen LogP contribution >= 0.6 is 23.2 Å². The van der Waals surface area contributed by atoms with Crippen LogP contribution in [0.1, 0.15) is 34.4 Å². The van der Waals surface area contributed by atoms with Gasteiger partial charge in [0.05, 0.1) is 23.9 Å². The van der Waals surface area contributed by atoms with E-state index in [1.807, 2.05) is 0 Å². The number of fused-ring (bicyclic) bond motifs is 1. The van der Waals surface area contributed by atoms with Crippen LogP contribution in [0.2, 0.25) is 10.0 Å². The normalized spacial score (nSPS) is 27.1. The Morgan fingerprint density at radius 2 is 1.23 bits per heavy atom. The molecule has 1 aliphatic heterocycles. The molecule has 0 unspecified atom stereocenters. The molecule has 5 atom stereocenters. The van der Waals surface area contributed by atoms with Crippen LogP contribution in [-0.2, 0) is 4.79 Å². The predicted octanol–water partition coefficient (Wildman–Crippen LogP) is 6.96. The smallest absolute Gasteiger partial charge is 0.267 e. The van der Waals surface area contributed by atoms with Gasteiger partial charge in [-0.05, 0) is 53.1 Å². The highest BCUT2D eigenvalue weighted by Gasteiger charge is 2.83. The topological polar surface area (TPSA) is 136 Å². The van der Waals surface area contributed by atoms with Crippen LogP contribution in [0.4, 0.5) is 5.69 Å². The molecule has 44 heavy (non-hydrogen) atoms. The number of benzene rings is 4. The maximum absolute atomic E-state index is 14.9. The minimum Gasteiger partial charge on any atom is -0.377 e. The number of amides is 1. The number of hydrogen-bond acceptors (Lipinski definition) is 6. The van der Waals surface area contributed by atoms with Gasteiger partial charge in [0.2, 0.25) is 0 Å². The van der Waals surface area contributed by atoms with Crippen molar-refractivity contribution in [1.82, 2.24) is 0 Å². The zero-order valence-corrected chi connectivity index (χ0v) is 24.5. The third-order valence-corrected chi connectivity index (χ3v) is 9.47. The van der Waals surface area contributed by atoms with Crippen molar-refractivity contribution in [2.75, 3.05) is 4.90 Å². The maximum atomic E-state index is 14.9. The van der Waals surface area contributed by atoms with Gasteiger partial charge in [0.25, 0.3) is 5.91 Å². The number of nitrogens with one attached hydrogen (secondary N) is 1. The second-order valence-corrected chi connectivity index (χ2v) is 11.9. The fourth-order valence-corrected chi connectivity index (χ4v) is 7.72. The summed E-state index contributed by atoms with van der Waals surface area (Å²) < 4.78 is 0. The molecule has 214 valence electrons. The number of anilines is 1. The van der Waals surface area contributed by atoms with E-state index < -0.39 is 45.9 Å². The summed E-state index contributed by atoms with van der Waals surface area (Å²) in [7, 11) is 0. The molecule has 2 fully saturated rings. The van der Waals surface area contributed by atoms with E-state index >= 15 is 0 Å². The zero-order valence-electron chi connectivity index (χ0n) is 23.0. The quantitative estimate of drug-likeness (QED) is 0.256.